The summed E-state index contributed by atoms with van der Waals surface area (Å²) in [5.74, 6) is -0.0174. The summed E-state index contributed by atoms with van der Waals surface area (Å²) in [6, 6.07) is 6.25. The molecule has 0 unspecified atom stereocenters. The van der Waals surface area contributed by atoms with Gasteiger partial charge in [-0.05, 0) is 36.6 Å². The second kappa shape index (κ2) is 5.68. The molecule has 1 aromatic carbocycles. The van der Waals surface area contributed by atoms with Crippen molar-refractivity contribution in [1.82, 2.24) is 5.32 Å². The van der Waals surface area contributed by atoms with Crippen molar-refractivity contribution in [2.24, 2.45) is 0 Å². The molecule has 0 radical (unpaired) electrons. The predicted octanol–water partition coefficient (Wildman–Crippen LogP) is 1.36. The molecule has 1 aliphatic rings. The quantitative estimate of drug-likeness (QED) is 0.909. The molecular formula is C13H15FN2O2S. The first-order chi connectivity index (χ1) is 8.98. The number of nitriles is 1. The molecule has 1 saturated heterocycles. The summed E-state index contributed by atoms with van der Waals surface area (Å²) in [6.45, 7) is 0.442. The van der Waals surface area contributed by atoms with E-state index in [1.165, 1.54) is 12.1 Å². The van der Waals surface area contributed by atoms with Crippen LogP contribution in [0.25, 0.3) is 0 Å². The van der Waals surface area contributed by atoms with Crippen LogP contribution in [0.15, 0.2) is 18.2 Å². The fraction of sp³-hybridized carbons (Fsp3) is 0.462. The molecule has 1 aromatic rings. The van der Waals surface area contributed by atoms with Crippen molar-refractivity contribution in [3.63, 3.8) is 0 Å². The van der Waals surface area contributed by atoms with Gasteiger partial charge in [0.2, 0.25) is 0 Å². The van der Waals surface area contributed by atoms with Gasteiger partial charge in [-0.2, -0.15) is 5.26 Å². The van der Waals surface area contributed by atoms with Gasteiger partial charge in [-0.3, -0.25) is 0 Å². The molecule has 1 heterocycles. The molecule has 1 N–H and O–H groups in total. The first-order valence-corrected chi connectivity index (χ1v) is 7.94. The third-order valence-corrected chi connectivity index (χ3v) is 4.95. The van der Waals surface area contributed by atoms with Crippen LogP contribution in [0.2, 0.25) is 0 Å². The fourth-order valence-electron chi connectivity index (χ4n) is 2.17. The summed E-state index contributed by atoms with van der Waals surface area (Å²) in [7, 11) is -2.86. The molecule has 0 saturated carbocycles. The van der Waals surface area contributed by atoms with Gasteiger partial charge in [0.15, 0.2) is 0 Å². The van der Waals surface area contributed by atoms with E-state index in [9.17, 15) is 12.8 Å². The van der Waals surface area contributed by atoms with Gasteiger partial charge in [-0.25, -0.2) is 12.8 Å². The maximum Gasteiger partial charge on any atom is 0.150 e. The Morgan fingerprint density at radius 3 is 2.63 bits per heavy atom. The largest absolute Gasteiger partial charge is 0.310 e. The lowest BCUT2D eigenvalue weighted by atomic mass is 10.1. The van der Waals surface area contributed by atoms with Crippen LogP contribution >= 0.6 is 0 Å². The predicted molar refractivity (Wildman–Crippen MR) is 69.6 cm³/mol. The lowest BCUT2D eigenvalue weighted by Gasteiger charge is -2.23. The lowest BCUT2D eigenvalue weighted by molar-refractivity contribution is 0.462. The summed E-state index contributed by atoms with van der Waals surface area (Å²) < 4.78 is 35.8. The van der Waals surface area contributed by atoms with E-state index in [1.807, 2.05) is 6.07 Å². The normalized spacial score (nSPS) is 18.9. The maximum atomic E-state index is 13.2. The van der Waals surface area contributed by atoms with E-state index >= 15 is 0 Å². The highest BCUT2D eigenvalue weighted by molar-refractivity contribution is 7.91. The van der Waals surface area contributed by atoms with Crippen molar-refractivity contribution in [2.75, 3.05) is 11.5 Å². The van der Waals surface area contributed by atoms with Crippen LogP contribution in [-0.4, -0.2) is 26.0 Å². The van der Waals surface area contributed by atoms with Crippen molar-refractivity contribution in [3.05, 3.63) is 35.1 Å². The van der Waals surface area contributed by atoms with Gasteiger partial charge < -0.3 is 5.32 Å². The molecule has 0 amide bonds. The van der Waals surface area contributed by atoms with Gasteiger partial charge in [0.25, 0.3) is 0 Å². The van der Waals surface area contributed by atoms with Crippen LogP contribution in [0.4, 0.5) is 4.39 Å². The zero-order valence-electron chi connectivity index (χ0n) is 10.4. The average Bonchev–Trinajstić information content (AvgIpc) is 2.37. The van der Waals surface area contributed by atoms with Gasteiger partial charge in [0.1, 0.15) is 15.7 Å². The molecule has 1 fully saturated rings. The molecule has 0 atom stereocenters. The second-order valence-corrected chi connectivity index (χ2v) is 7.07. The number of nitrogens with zero attached hydrogens (tertiary/aromatic N) is 1. The molecule has 0 aliphatic carbocycles. The molecule has 0 spiro atoms. The first kappa shape index (κ1) is 14.0. The Hall–Kier alpha value is -1.45. The Bertz CT molecular complexity index is 594. The van der Waals surface area contributed by atoms with Gasteiger partial charge in [0.05, 0.1) is 23.1 Å². The third kappa shape index (κ3) is 4.01. The Labute approximate surface area is 112 Å². The first-order valence-electron chi connectivity index (χ1n) is 6.12. The average molecular weight is 282 g/mol. The van der Waals surface area contributed by atoms with Crippen molar-refractivity contribution in [2.45, 2.75) is 25.4 Å². The zero-order valence-corrected chi connectivity index (χ0v) is 11.2. The minimum Gasteiger partial charge on any atom is -0.310 e. The minimum absolute atomic E-state index is 0.136. The van der Waals surface area contributed by atoms with Crippen molar-refractivity contribution in [1.29, 1.82) is 5.26 Å². The van der Waals surface area contributed by atoms with E-state index in [1.54, 1.807) is 6.07 Å². The maximum absolute atomic E-state index is 13.2. The Kier molecular flexibility index (Phi) is 4.17. The van der Waals surface area contributed by atoms with E-state index in [0.717, 1.165) is 0 Å². The van der Waals surface area contributed by atoms with E-state index in [4.69, 9.17) is 5.26 Å². The van der Waals surface area contributed by atoms with Crippen molar-refractivity contribution in [3.8, 4) is 6.07 Å². The Morgan fingerprint density at radius 1 is 1.32 bits per heavy atom. The van der Waals surface area contributed by atoms with Gasteiger partial charge >= 0.3 is 0 Å². The van der Waals surface area contributed by atoms with Crippen LogP contribution in [0.5, 0.6) is 0 Å². The zero-order chi connectivity index (χ0) is 13.9. The van der Waals surface area contributed by atoms with Gasteiger partial charge in [-0.1, -0.05) is 0 Å². The molecule has 0 bridgehead atoms. The number of halogens is 1. The molecule has 2 rings (SSSR count). The molecule has 19 heavy (non-hydrogen) atoms. The molecule has 0 aromatic heterocycles. The molecule has 1 aliphatic heterocycles. The topological polar surface area (TPSA) is 70.0 Å². The minimum atomic E-state index is -2.86. The van der Waals surface area contributed by atoms with Crippen molar-refractivity contribution >= 4 is 9.84 Å². The number of rotatable bonds is 3. The molecule has 6 heteroatoms. The smallest absolute Gasteiger partial charge is 0.150 e. The number of hydrogen-bond donors (Lipinski definition) is 1. The van der Waals surface area contributed by atoms with Crippen molar-refractivity contribution < 1.29 is 12.8 Å². The summed E-state index contributed by atoms with van der Waals surface area (Å²) in [5, 5.41) is 12.0. The van der Waals surface area contributed by atoms with E-state index in [0.29, 0.717) is 30.5 Å². The molecule has 102 valence electrons. The summed E-state index contributed by atoms with van der Waals surface area (Å²) in [5.41, 5.74) is 0.994. The molecular weight excluding hydrogens is 267 g/mol. The van der Waals surface area contributed by atoms with E-state index < -0.39 is 15.7 Å². The highest BCUT2D eigenvalue weighted by Gasteiger charge is 2.22. The van der Waals surface area contributed by atoms with Crippen LogP contribution in [0, 0.1) is 17.1 Å². The van der Waals surface area contributed by atoms with Crippen LogP contribution < -0.4 is 5.32 Å². The fourth-order valence-corrected chi connectivity index (χ4v) is 3.66. The van der Waals surface area contributed by atoms with Crippen LogP contribution in [0.1, 0.15) is 24.0 Å². The number of nitrogens with one attached hydrogen (secondary N) is 1. The third-order valence-electron chi connectivity index (χ3n) is 3.24. The SMILES string of the molecule is N#Cc1cc(F)cc(CNC2CCS(=O)(=O)CC2)c1. The van der Waals surface area contributed by atoms with Crippen LogP contribution in [0.3, 0.4) is 0 Å². The monoisotopic (exact) mass is 282 g/mol. The highest BCUT2D eigenvalue weighted by Crippen LogP contribution is 2.14. The van der Waals surface area contributed by atoms with Gasteiger partial charge in [0, 0.05) is 12.6 Å². The lowest BCUT2D eigenvalue weighted by Crippen LogP contribution is -2.37. The highest BCUT2D eigenvalue weighted by atomic mass is 32.2. The summed E-state index contributed by atoms with van der Waals surface area (Å²) in [6.07, 6.45) is 1.17. The molecule has 4 nitrogen and oxygen atoms in total. The van der Waals surface area contributed by atoms with E-state index in [-0.39, 0.29) is 17.5 Å². The Morgan fingerprint density at radius 2 is 2.00 bits per heavy atom. The van der Waals surface area contributed by atoms with E-state index in [2.05, 4.69) is 5.32 Å². The second-order valence-electron chi connectivity index (χ2n) is 4.77. The number of sulfone groups is 1. The van der Waals surface area contributed by atoms with Gasteiger partial charge in [-0.15, -0.1) is 0 Å². The van der Waals surface area contributed by atoms with Crippen LogP contribution in [-0.2, 0) is 16.4 Å². The summed E-state index contributed by atoms with van der Waals surface area (Å²) in [4.78, 5) is 0. The Balaban J connectivity index is 1.93. The standard InChI is InChI=1S/C13H15FN2O2S/c14-12-6-10(8-15)5-11(7-12)9-16-13-1-3-19(17,18)4-2-13/h5-7,13,16H,1-4,9H2. The number of hydrogen-bond acceptors (Lipinski definition) is 4. The summed E-state index contributed by atoms with van der Waals surface area (Å²) >= 11 is 0. The number of benzene rings is 1.